The first-order valence-electron chi connectivity index (χ1n) is 13.3. The molecule has 3 heterocycles. The number of aromatic nitrogens is 1. The van der Waals surface area contributed by atoms with Crippen molar-refractivity contribution in [2.24, 2.45) is 0 Å². The van der Waals surface area contributed by atoms with Gasteiger partial charge in [-0.2, -0.15) is 5.01 Å². The minimum absolute atomic E-state index is 0.0318. The van der Waals surface area contributed by atoms with E-state index in [1.54, 1.807) is 34.0 Å². The molecule has 5 rings (SSSR count). The number of unbranched alkanes of at least 4 members (excludes halogenated alkanes) is 1. The summed E-state index contributed by atoms with van der Waals surface area (Å²) in [5.41, 5.74) is 14.4. The Labute approximate surface area is 236 Å². The summed E-state index contributed by atoms with van der Waals surface area (Å²) in [4.78, 5) is 48.1. The maximum atomic E-state index is 14.0. The maximum Gasteiger partial charge on any atom is 0.331 e. The van der Waals surface area contributed by atoms with Crippen LogP contribution in [0.4, 0.5) is 15.6 Å². The number of thiazole rings is 1. The summed E-state index contributed by atoms with van der Waals surface area (Å²) in [5, 5.41) is 16.4. The molecule has 2 fully saturated rings. The Bertz CT molecular complexity index is 1450. The van der Waals surface area contributed by atoms with Gasteiger partial charge in [0.15, 0.2) is 5.13 Å². The van der Waals surface area contributed by atoms with E-state index in [0.29, 0.717) is 17.2 Å². The number of carbonyl (C=O) groups excluding carboxylic acids is 3. The van der Waals surface area contributed by atoms with Gasteiger partial charge in [0.1, 0.15) is 18.0 Å². The third-order valence-corrected chi connectivity index (χ3v) is 8.30. The minimum atomic E-state index is -0.823. The van der Waals surface area contributed by atoms with Crippen LogP contribution < -0.4 is 16.8 Å². The van der Waals surface area contributed by atoms with E-state index in [1.165, 1.54) is 22.4 Å². The average Bonchev–Trinajstić information content (AvgIpc) is 3.47. The van der Waals surface area contributed by atoms with Crippen LogP contribution in [0.1, 0.15) is 30.9 Å². The molecule has 0 aliphatic carbocycles. The number of nitrogens with two attached hydrogens (primary N) is 2. The number of phenols is 1. The Morgan fingerprint density at radius 1 is 1.25 bits per heavy atom. The van der Waals surface area contributed by atoms with Crippen molar-refractivity contribution in [1.82, 2.24) is 30.1 Å². The monoisotopic (exact) mass is 566 g/mol. The molecule has 0 radical (unpaired) electrons. The topological polar surface area (TPSA) is 161 Å². The van der Waals surface area contributed by atoms with Gasteiger partial charge in [-0.1, -0.05) is 42.9 Å². The lowest BCUT2D eigenvalue weighted by atomic mass is 9.99. The number of phenolic OH excluding ortho intramolecular Hbond substituents is 1. The summed E-state index contributed by atoms with van der Waals surface area (Å²) >= 11 is 1.38. The Balaban J connectivity index is 1.47. The number of rotatable bonds is 8. The van der Waals surface area contributed by atoms with Crippen LogP contribution in [-0.4, -0.2) is 86.6 Å². The summed E-state index contributed by atoms with van der Waals surface area (Å²) in [6, 6.07) is 9.42. The van der Waals surface area contributed by atoms with Crippen molar-refractivity contribution in [3.63, 3.8) is 0 Å². The van der Waals surface area contributed by atoms with Crippen molar-refractivity contribution in [3.8, 4) is 5.75 Å². The van der Waals surface area contributed by atoms with E-state index in [0.717, 1.165) is 28.6 Å². The SMILES string of the molecule is CCCCNC(=O)N(C)N1CC(=O)N2[C@@H](Cc3ccc(O)c(N)c3)C(=O)N(Cc3cccc4sc(N)nc34)C[C@@H]21. The van der Waals surface area contributed by atoms with E-state index in [9.17, 15) is 19.5 Å². The first kappa shape index (κ1) is 27.5. The third kappa shape index (κ3) is 5.21. The van der Waals surface area contributed by atoms with Crippen LogP contribution in [0, 0.1) is 0 Å². The maximum absolute atomic E-state index is 14.0. The van der Waals surface area contributed by atoms with Crippen molar-refractivity contribution >= 4 is 50.2 Å². The summed E-state index contributed by atoms with van der Waals surface area (Å²) in [6.45, 7) is 3.03. The third-order valence-electron chi connectivity index (χ3n) is 7.45. The summed E-state index contributed by atoms with van der Waals surface area (Å²) in [7, 11) is 1.63. The first-order valence-corrected chi connectivity index (χ1v) is 14.1. The van der Waals surface area contributed by atoms with E-state index in [1.807, 2.05) is 25.1 Å². The van der Waals surface area contributed by atoms with E-state index in [-0.39, 0.29) is 55.3 Å². The number of fused-ring (bicyclic) bond motifs is 2. The van der Waals surface area contributed by atoms with Crippen molar-refractivity contribution in [2.75, 3.05) is 38.1 Å². The Morgan fingerprint density at radius 3 is 2.80 bits per heavy atom. The molecule has 2 aliphatic heterocycles. The molecule has 12 nitrogen and oxygen atoms in total. The average molecular weight is 567 g/mol. The van der Waals surface area contributed by atoms with E-state index in [4.69, 9.17) is 11.5 Å². The van der Waals surface area contributed by atoms with Gasteiger partial charge in [0.05, 0.1) is 29.0 Å². The molecule has 1 aromatic heterocycles. The van der Waals surface area contributed by atoms with Gasteiger partial charge in [-0.15, -0.1) is 0 Å². The minimum Gasteiger partial charge on any atom is -0.506 e. The number of anilines is 2. The molecule has 0 bridgehead atoms. The fraction of sp³-hybridized carbons (Fsp3) is 0.407. The number of nitrogens with zero attached hydrogens (tertiary/aromatic N) is 5. The largest absolute Gasteiger partial charge is 0.506 e. The van der Waals surface area contributed by atoms with Crippen LogP contribution in [0.25, 0.3) is 10.2 Å². The number of urea groups is 1. The number of hydrazine groups is 1. The quantitative estimate of drug-likeness (QED) is 0.183. The van der Waals surface area contributed by atoms with Crippen LogP contribution in [0.5, 0.6) is 5.75 Å². The molecule has 4 amide bonds. The molecule has 13 heteroatoms. The molecule has 2 aliphatic rings. The molecular weight excluding hydrogens is 532 g/mol. The van der Waals surface area contributed by atoms with Gasteiger partial charge in [0.2, 0.25) is 11.8 Å². The summed E-state index contributed by atoms with van der Waals surface area (Å²) in [5.74, 6) is -0.501. The first-order chi connectivity index (χ1) is 19.2. The molecule has 3 aromatic rings. The zero-order chi connectivity index (χ0) is 28.6. The number of hydrogen-bond donors (Lipinski definition) is 4. The lowest BCUT2D eigenvalue weighted by Gasteiger charge is -2.45. The number of aromatic hydroxyl groups is 1. The number of para-hydroxylation sites is 1. The molecule has 0 saturated carbocycles. The molecule has 0 spiro atoms. The van der Waals surface area contributed by atoms with Crippen LogP contribution in [0.3, 0.4) is 0 Å². The highest BCUT2D eigenvalue weighted by Crippen LogP contribution is 2.32. The Morgan fingerprint density at radius 2 is 2.05 bits per heavy atom. The van der Waals surface area contributed by atoms with Gasteiger partial charge in [-0.3, -0.25) is 14.6 Å². The highest BCUT2D eigenvalue weighted by molar-refractivity contribution is 7.22. The van der Waals surface area contributed by atoms with Gasteiger partial charge in [0.25, 0.3) is 0 Å². The second-order valence-corrected chi connectivity index (χ2v) is 11.2. The number of piperazine rings is 1. The van der Waals surface area contributed by atoms with Gasteiger partial charge in [0, 0.05) is 26.6 Å². The standard InChI is InChI=1S/C27H34N8O4S/c1-3-4-10-30-27(39)32(2)34-15-23(37)35-19(12-16-8-9-20(36)18(28)11-16)25(38)33(14-22(34)35)13-17-6-5-7-21-24(17)31-26(29)40-21/h5-9,11,19,22,36H,3-4,10,12-15,28H2,1-2H3,(H2,29,31)(H,30,39)/t19-,22+/m0/s1. The van der Waals surface area contributed by atoms with Crippen molar-refractivity contribution < 1.29 is 19.5 Å². The van der Waals surface area contributed by atoms with Gasteiger partial charge < -0.3 is 31.7 Å². The van der Waals surface area contributed by atoms with Crippen LogP contribution in [0.15, 0.2) is 36.4 Å². The molecule has 2 atom stereocenters. The lowest BCUT2D eigenvalue weighted by molar-refractivity contribution is -0.157. The predicted octanol–water partition coefficient (Wildman–Crippen LogP) is 1.95. The lowest BCUT2D eigenvalue weighted by Crippen LogP contribution is -2.65. The number of benzene rings is 2. The molecule has 0 unspecified atom stereocenters. The highest BCUT2D eigenvalue weighted by Gasteiger charge is 2.51. The summed E-state index contributed by atoms with van der Waals surface area (Å²) < 4.78 is 0.929. The highest BCUT2D eigenvalue weighted by atomic mass is 32.1. The zero-order valence-electron chi connectivity index (χ0n) is 22.5. The molecule has 40 heavy (non-hydrogen) atoms. The van der Waals surface area contributed by atoms with Crippen molar-refractivity contribution in [3.05, 3.63) is 47.5 Å². The number of amides is 4. The van der Waals surface area contributed by atoms with Gasteiger partial charge in [-0.05, 0) is 35.7 Å². The van der Waals surface area contributed by atoms with E-state index < -0.39 is 12.2 Å². The second kappa shape index (κ2) is 11.2. The van der Waals surface area contributed by atoms with Crippen molar-refractivity contribution in [1.29, 1.82) is 0 Å². The number of carbonyl (C=O) groups is 3. The Kier molecular flexibility index (Phi) is 7.68. The predicted molar refractivity (Wildman–Crippen MR) is 153 cm³/mol. The smallest absolute Gasteiger partial charge is 0.331 e. The molecular formula is C27H34N8O4S. The number of nitrogen functional groups attached to an aromatic ring is 2. The number of nitrogens with one attached hydrogen (secondary N) is 1. The van der Waals surface area contributed by atoms with Crippen LogP contribution in [0.2, 0.25) is 0 Å². The normalized spacial score (nSPS) is 19.4. The molecule has 6 N–H and O–H groups in total. The van der Waals surface area contributed by atoms with Gasteiger partial charge >= 0.3 is 6.03 Å². The fourth-order valence-electron chi connectivity index (χ4n) is 5.36. The van der Waals surface area contributed by atoms with E-state index in [2.05, 4.69) is 10.3 Å². The van der Waals surface area contributed by atoms with Crippen LogP contribution >= 0.6 is 11.3 Å². The van der Waals surface area contributed by atoms with E-state index >= 15 is 0 Å². The summed E-state index contributed by atoms with van der Waals surface area (Å²) in [6.07, 6.45) is 1.45. The van der Waals surface area contributed by atoms with Gasteiger partial charge in [-0.25, -0.2) is 9.78 Å². The zero-order valence-corrected chi connectivity index (χ0v) is 23.4. The second-order valence-electron chi connectivity index (χ2n) is 10.1. The molecule has 212 valence electrons. The molecule has 2 aromatic carbocycles. The Hall–Kier alpha value is -4.10. The number of hydrogen-bond acceptors (Lipinski definition) is 9. The van der Waals surface area contributed by atoms with Crippen LogP contribution in [-0.2, 0) is 22.6 Å². The van der Waals surface area contributed by atoms with Crippen molar-refractivity contribution in [2.45, 2.75) is 44.9 Å². The molecule has 2 saturated heterocycles. The fourth-order valence-corrected chi connectivity index (χ4v) is 6.15.